The molecule has 0 spiro atoms. The maximum Gasteiger partial charge on any atom is 0.306 e. The quantitative estimate of drug-likeness (QED) is 0.604. The maximum absolute atomic E-state index is 12.9. The molecule has 1 aromatic carbocycles. The lowest BCUT2D eigenvalue weighted by molar-refractivity contribution is -0.154. The van der Waals surface area contributed by atoms with Gasteiger partial charge in [0.05, 0.1) is 11.3 Å². The normalized spacial score (nSPS) is 31.3. The fourth-order valence-corrected chi connectivity index (χ4v) is 8.76. The number of esters is 1. The second-order valence-electron chi connectivity index (χ2n) is 10.8. The number of carbonyl (C=O) groups is 2. The van der Waals surface area contributed by atoms with E-state index in [9.17, 15) is 18.0 Å². The number of rotatable bonds is 7. The van der Waals surface area contributed by atoms with Crippen molar-refractivity contribution in [3.05, 3.63) is 24.3 Å². The minimum Gasteiger partial charge on any atom is -0.456 e. The van der Waals surface area contributed by atoms with Crippen LogP contribution in [0.3, 0.4) is 0 Å². The molecule has 0 radical (unpaired) electrons. The van der Waals surface area contributed by atoms with Crippen molar-refractivity contribution in [2.24, 2.45) is 23.2 Å². The number of hydrogen-bond donors (Lipinski definition) is 1. The summed E-state index contributed by atoms with van der Waals surface area (Å²) in [4.78, 5) is 25.1. The first-order valence-electron chi connectivity index (χ1n) is 12.4. The van der Waals surface area contributed by atoms with Gasteiger partial charge in [-0.2, -0.15) is 4.31 Å². The van der Waals surface area contributed by atoms with Gasteiger partial charge in [0.15, 0.2) is 6.61 Å². The first-order chi connectivity index (χ1) is 15.8. The van der Waals surface area contributed by atoms with Gasteiger partial charge in [-0.3, -0.25) is 9.59 Å². The molecule has 1 N–H and O–H groups in total. The monoisotopic (exact) mass is 474 g/mol. The largest absolute Gasteiger partial charge is 0.456 e. The number of hydrogen-bond acceptors (Lipinski definition) is 5. The number of sulfonamides is 1. The van der Waals surface area contributed by atoms with Crippen molar-refractivity contribution in [3.63, 3.8) is 0 Å². The molecule has 4 aliphatic carbocycles. The first kappa shape index (κ1) is 22.8. The Kier molecular flexibility index (Phi) is 6.25. The smallest absolute Gasteiger partial charge is 0.306 e. The molecule has 0 atom stereocenters. The Hall–Kier alpha value is -1.93. The zero-order chi connectivity index (χ0) is 23.1. The van der Waals surface area contributed by atoms with Gasteiger partial charge in [-0.15, -0.1) is 0 Å². The molecule has 5 fully saturated rings. The molecule has 1 heterocycles. The molecule has 4 saturated carbocycles. The molecule has 8 heteroatoms. The van der Waals surface area contributed by atoms with E-state index in [0.717, 1.165) is 56.3 Å². The van der Waals surface area contributed by atoms with E-state index in [2.05, 4.69) is 5.32 Å². The van der Waals surface area contributed by atoms with Crippen LogP contribution in [0.4, 0.5) is 5.69 Å². The lowest BCUT2D eigenvalue weighted by Crippen LogP contribution is -2.47. The highest BCUT2D eigenvalue weighted by molar-refractivity contribution is 7.89. The summed E-state index contributed by atoms with van der Waals surface area (Å²) >= 11 is 0. The van der Waals surface area contributed by atoms with Crippen molar-refractivity contribution in [2.75, 3.05) is 25.0 Å². The number of nitrogens with one attached hydrogen (secondary N) is 1. The third kappa shape index (κ3) is 4.97. The minimum absolute atomic E-state index is 0.0828. The van der Waals surface area contributed by atoms with Crippen LogP contribution in [0.25, 0.3) is 0 Å². The number of benzene rings is 1. The van der Waals surface area contributed by atoms with Crippen LogP contribution in [-0.4, -0.2) is 44.3 Å². The van der Waals surface area contributed by atoms with Gasteiger partial charge in [0.1, 0.15) is 0 Å². The van der Waals surface area contributed by atoms with Crippen LogP contribution in [0.2, 0.25) is 0 Å². The molecule has 180 valence electrons. The number of anilines is 1. The van der Waals surface area contributed by atoms with E-state index in [0.29, 0.717) is 25.2 Å². The van der Waals surface area contributed by atoms with Crippen LogP contribution in [0.1, 0.15) is 64.2 Å². The number of nitrogens with zero attached hydrogens (tertiary/aromatic N) is 1. The van der Waals surface area contributed by atoms with Gasteiger partial charge < -0.3 is 10.1 Å². The molecule has 5 aliphatic rings. The number of amides is 1. The van der Waals surface area contributed by atoms with Gasteiger partial charge in [-0.1, -0.05) is 12.5 Å². The van der Waals surface area contributed by atoms with Crippen molar-refractivity contribution in [2.45, 2.75) is 69.1 Å². The third-order valence-corrected chi connectivity index (χ3v) is 10.0. The van der Waals surface area contributed by atoms with Crippen LogP contribution in [0.5, 0.6) is 0 Å². The van der Waals surface area contributed by atoms with Crippen molar-refractivity contribution >= 4 is 27.6 Å². The van der Waals surface area contributed by atoms with Crippen LogP contribution in [0.15, 0.2) is 29.2 Å². The molecule has 1 aliphatic heterocycles. The Morgan fingerprint density at radius 1 is 1.00 bits per heavy atom. The van der Waals surface area contributed by atoms with Crippen LogP contribution in [0, 0.1) is 23.2 Å². The molecule has 1 aromatic rings. The van der Waals surface area contributed by atoms with Gasteiger partial charge >= 0.3 is 5.97 Å². The molecule has 0 aromatic heterocycles. The minimum atomic E-state index is -3.58. The second-order valence-corrected chi connectivity index (χ2v) is 12.7. The highest BCUT2D eigenvalue weighted by Gasteiger charge is 2.51. The fourth-order valence-electron chi connectivity index (χ4n) is 7.20. The molecule has 7 nitrogen and oxygen atoms in total. The van der Waals surface area contributed by atoms with Crippen molar-refractivity contribution < 1.29 is 22.7 Å². The number of ether oxygens (including phenoxy) is 1. The first-order valence-corrected chi connectivity index (χ1v) is 13.8. The van der Waals surface area contributed by atoms with Crippen LogP contribution >= 0.6 is 0 Å². The summed E-state index contributed by atoms with van der Waals surface area (Å²) < 4.78 is 32.6. The van der Waals surface area contributed by atoms with Crippen LogP contribution < -0.4 is 5.32 Å². The van der Waals surface area contributed by atoms with Gasteiger partial charge in [-0.25, -0.2) is 8.42 Å². The molecule has 33 heavy (non-hydrogen) atoms. The molecule has 6 rings (SSSR count). The highest BCUT2D eigenvalue weighted by atomic mass is 32.2. The predicted molar refractivity (Wildman–Crippen MR) is 124 cm³/mol. The zero-order valence-corrected chi connectivity index (χ0v) is 19.9. The average Bonchev–Trinajstić information content (AvgIpc) is 2.77. The van der Waals surface area contributed by atoms with Crippen LogP contribution in [-0.2, 0) is 24.3 Å². The fraction of sp³-hybridized carbons (Fsp3) is 0.680. The number of piperidine rings is 1. The average molecular weight is 475 g/mol. The summed E-state index contributed by atoms with van der Waals surface area (Å²) in [6.45, 7) is 0.700. The van der Waals surface area contributed by atoms with Crippen molar-refractivity contribution in [1.29, 1.82) is 0 Å². The Morgan fingerprint density at radius 3 is 2.27 bits per heavy atom. The maximum atomic E-state index is 12.9. The van der Waals surface area contributed by atoms with Gasteiger partial charge in [0.25, 0.3) is 5.91 Å². The Bertz CT molecular complexity index is 980. The highest BCUT2D eigenvalue weighted by Crippen LogP contribution is 2.61. The Labute approximate surface area is 196 Å². The molecular formula is C25H34N2O5S. The van der Waals surface area contributed by atoms with E-state index in [1.165, 1.54) is 29.6 Å². The van der Waals surface area contributed by atoms with E-state index in [-0.39, 0.29) is 22.9 Å². The van der Waals surface area contributed by atoms with Crippen molar-refractivity contribution in [3.8, 4) is 0 Å². The Balaban J connectivity index is 1.14. The lowest BCUT2D eigenvalue weighted by atomic mass is 9.49. The van der Waals surface area contributed by atoms with E-state index >= 15 is 0 Å². The third-order valence-electron chi connectivity index (χ3n) is 8.12. The lowest BCUT2D eigenvalue weighted by Gasteiger charge is -2.56. The topological polar surface area (TPSA) is 92.8 Å². The van der Waals surface area contributed by atoms with Crippen molar-refractivity contribution in [1.82, 2.24) is 4.31 Å². The van der Waals surface area contributed by atoms with E-state index < -0.39 is 15.9 Å². The van der Waals surface area contributed by atoms with E-state index in [1.54, 1.807) is 18.2 Å². The molecule has 0 unspecified atom stereocenters. The summed E-state index contributed by atoms with van der Waals surface area (Å²) in [6.07, 6.45) is 10.5. The Morgan fingerprint density at radius 2 is 1.64 bits per heavy atom. The molecule has 1 amide bonds. The summed E-state index contributed by atoms with van der Waals surface area (Å²) in [7, 11) is -3.58. The van der Waals surface area contributed by atoms with Gasteiger partial charge in [-0.05, 0) is 92.7 Å². The second kappa shape index (κ2) is 9.02. The zero-order valence-electron chi connectivity index (χ0n) is 19.1. The van der Waals surface area contributed by atoms with E-state index in [1.807, 2.05) is 0 Å². The standard InChI is InChI=1S/C25H34N2O5S/c28-23(17-32-24(29)16-25-13-18-9-19(14-25)11-20(10-18)15-25)26-21-5-4-6-22(12-21)33(30,31)27-7-2-1-3-8-27/h4-6,12,18-20H,1-3,7-11,13-17H2,(H,26,28). The van der Waals surface area contributed by atoms with Gasteiger partial charge in [0.2, 0.25) is 10.0 Å². The SMILES string of the molecule is O=C(COC(=O)CC12CC3CC(CC(C3)C1)C2)Nc1cccc(S(=O)(=O)N2CCCCC2)c1. The summed E-state index contributed by atoms with van der Waals surface area (Å²) in [5, 5.41) is 2.67. The molecule has 1 saturated heterocycles. The van der Waals surface area contributed by atoms with Gasteiger partial charge in [0, 0.05) is 18.8 Å². The summed E-state index contributed by atoms with van der Waals surface area (Å²) in [6, 6.07) is 6.28. The molecule has 4 bridgehead atoms. The predicted octanol–water partition coefficient (Wildman–Crippen LogP) is 3.95. The number of carbonyl (C=O) groups excluding carboxylic acids is 2. The summed E-state index contributed by atoms with van der Waals surface area (Å²) in [5.41, 5.74) is 0.467. The van der Waals surface area contributed by atoms with E-state index in [4.69, 9.17) is 4.74 Å². The molecular weight excluding hydrogens is 440 g/mol. The summed E-state index contributed by atoms with van der Waals surface area (Å²) in [5.74, 6) is 1.54.